The molecule has 4 heteroatoms. The molecule has 0 saturated carbocycles. The first kappa shape index (κ1) is 15.5. The quantitative estimate of drug-likeness (QED) is 0.923. The Balaban J connectivity index is 1.70. The maximum Gasteiger partial charge on any atom is 0.0572 e. The molecule has 0 aromatic carbocycles. The molecule has 2 aliphatic rings. The van der Waals surface area contributed by atoms with E-state index in [1.807, 2.05) is 11.3 Å². The standard InChI is InChI=1S/C17H29N3S/c1-14-5-8-19(9-6-14)13-16(17-4-3-11-21-17)20-10-7-18-12-15(20)2/h3-4,11,14-16,18H,5-10,12-13H2,1-2H3. The highest BCUT2D eigenvalue weighted by Crippen LogP contribution is 2.29. The van der Waals surface area contributed by atoms with E-state index >= 15 is 0 Å². The summed E-state index contributed by atoms with van der Waals surface area (Å²) in [5.74, 6) is 0.916. The van der Waals surface area contributed by atoms with Gasteiger partial charge in [-0.1, -0.05) is 13.0 Å². The van der Waals surface area contributed by atoms with Crippen LogP contribution in [0.25, 0.3) is 0 Å². The van der Waals surface area contributed by atoms with Crippen LogP contribution in [0.1, 0.15) is 37.6 Å². The van der Waals surface area contributed by atoms with E-state index in [1.54, 1.807) is 4.88 Å². The van der Waals surface area contributed by atoms with Gasteiger partial charge in [-0.05, 0) is 50.2 Å². The first-order valence-corrected chi connectivity index (χ1v) is 9.34. The fourth-order valence-electron chi connectivity index (χ4n) is 3.65. The Kier molecular flexibility index (Phi) is 5.33. The molecule has 0 spiro atoms. The number of piperazine rings is 1. The normalized spacial score (nSPS) is 27.8. The first-order valence-electron chi connectivity index (χ1n) is 8.46. The lowest BCUT2D eigenvalue weighted by molar-refractivity contribution is 0.0742. The summed E-state index contributed by atoms with van der Waals surface area (Å²) in [5.41, 5.74) is 0. The minimum atomic E-state index is 0.579. The highest BCUT2D eigenvalue weighted by atomic mass is 32.1. The minimum Gasteiger partial charge on any atom is -0.314 e. The molecule has 0 radical (unpaired) electrons. The third kappa shape index (κ3) is 3.86. The number of nitrogens with one attached hydrogen (secondary N) is 1. The van der Waals surface area contributed by atoms with Crippen LogP contribution in [0.5, 0.6) is 0 Å². The van der Waals surface area contributed by atoms with E-state index in [-0.39, 0.29) is 0 Å². The number of piperidine rings is 1. The minimum absolute atomic E-state index is 0.579. The molecule has 2 fully saturated rings. The molecule has 0 aliphatic carbocycles. The Hall–Kier alpha value is -0.420. The smallest absolute Gasteiger partial charge is 0.0572 e. The van der Waals surface area contributed by atoms with Gasteiger partial charge >= 0.3 is 0 Å². The van der Waals surface area contributed by atoms with Crippen LogP contribution in [-0.4, -0.2) is 55.1 Å². The van der Waals surface area contributed by atoms with Crippen molar-refractivity contribution in [3.05, 3.63) is 22.4 Å². The fraction of sp³-hybridized carbons (Fsp3) is 0.765. The van der Waals surface area contributed by atoms with E-state index in [2.05, 4.69) is 46.5 Å². The Morgan fingerprint density at radius 2 is 2.10 bits per heavy atom. The van der Waals surface area contributed by atoms with E-state index in [4.69, 9.17) is 0 Å². The molecule has 3 rings (SSSR count). The van der Waals surface area contributed by atoms with E-state index < -0.39 is 0 Å². The van der Waals surface area contributed by atoms with Crippen LogP contribution < -0.4 is 5.32 Å². The Morgan fingerprint density at radius 1 is 1.29 bits per heavy atom. The molecule has 3 heterocycles. The second-order valence-corrected chi connectivity index (χ2v) is 7.78. The van der Waals surface area contributed by atoms with Crippen molar-refractivity contribution in [3.63, 3.8) is 0 Å². The lowest BCUT2D eigenvalue weighted by Gasteiger charge is -2.42. The molecule has 0 bridgehead atoms. The molecule has 2 atom stereocenters. The number of rotatable bonds is 4. The van der Waals surface area contributed by atoms with Gasteiger partial charge in [0.1, 0.15) is 0 Å². The van der Waals surface area contributed by atoms with Gasteiger partial charge in [0.05, 0.1) is 6.04 Å². The molecule has 2 saturated heterocycles. The zero-order valence-electron chi connectivity index (χ0n) is 13.4. The molecule has 21 heavy (non-hydrogen) atoms. The highest BCUT2D eigenvalue weighted by Gasteiger charge is 2.30. The Morgan fingerprint density at radius 3 is 2.76 bits per heavy atom. The Bertz CT molecular complexity index is 412. The Labute approximate surface area is 133 Å². The van der Waals surface area contributed by atoms with E-state index in [1.165, 1.54) is 39.0 Å². The predicted molar refractivity (Wildman–Crippen MR) is 90.9 cm³/mol. The molecule has 1 aromatic heterocycles. The molecule has 3 nitrogen and oxygen atoms in total. The summed E-state index contributed by atoms with van der Waals surface area (Å²) in [6.45, 7) is 12.0. The third-order valence-electron chi connectivity index (χ3n) is 5.13. The summed E-state index contributed by atoms with van der Waals surface area (Å²) >= 11 is 1.93. The van der Waals surface area contributed by atoms with Crippen molar-refractivity contribution < 1.29 is 0 Å². The average Bonchev–Trinajstić information content (AvgIpc) is 3.02. The molecule has 1 N–H and O–H groups in total. The first-order chi connectivity index (χ1) is 10.2. The van der Waals surface area contributed by atoms with Gasteiger partial charge < -0.3 is 10.2 Å². The van der Waals surface area contributed by atoms with Crippen molar-refractivity contribution in [2.75, 3.05) is 39.3 Å². The molecular weight excluding hydrogens is 278 g/mol. The van der Waals surface area contributed by atoms with Gasteiger partial charge in [-0.25, -0.2) is 0 Å². The molecule has 1 aromatic rings. The van der Waals surface area contributed by atoms with Gasteiger partial charge in [-0.2, -0.15) is 0 Å². The van der Waals surface area contributed by atoms with Gasteiger partial charge in [-0.3, -0.25) is 4.90 Å². The van der Waals surface area contributed by atoms with Crippen LogP contribution in [0.4, 0.5) is 0 Å². The summed E-state index contributed by atoms with van der Waals surface area (Å²) in [7, 11) is 0. The summed E-state index contributed by atoms with van der Waals surface area (Å²) in [6, 6.07) is 5.75. The lowest BCUT2D eigenvalue weighted by atomic mass is 9.98. The second kappa shape index (κ2) is 7.23. The summed E-state index contributed by atoms with van der Waals surface area (Å²) in [4.78, 5) is 6.96. The fourth-order valence-corrected chi connectivity index (χ4v) is 4.49. The van der Waals surface area contributed by atoms with Crippen molar-refractivity contribution in [3.8, 4) is 0 Å². The third-order valence-corrected chi connectivity index (χ3v) is 6.11. The van der Waals surface area contributed by atoms with Crippen molar-refractivity contribution in [1.29, 1.82) is 0 Å². The van der Waals surface area contributed by atoms with E-state index in [0.29, 0.717) is 12.1 Å². The number of hydrogen-bond donors (Lipinski definition) is 1. The number of hydrogen-bond acceptors (Lipinski definition) is 4. The second-order valence-electron chi connectivity index (χ2n) is 6.81. The maximum atomic E-state index is 3.52. The van der Waals surface area contributed by atoms with Gasteiger partial charge in [0.15, 0.2) is 0 Å². The topological polar surface area (TPSA) is 18.5 Å². The van der Waals surface area contributed by atoms with Crippen LogP contribution in [0, 0.1) is 5.92 Å². The van der Waals surface area contributed by atoms with Crippen LogP contribution >= 0.6 is 11.3 Å². The maximum absolute atomic E-state index is 3.52. The zero-order valence-corrected chi connectivity index (χ0v) is 14.2. The molecule has 118 valence electrons. The molecule has 0 amide bonds. The lowest BCUT2D eigenvalue weighted by Crippen LogP contribution is -2.53. The summed E-state index contributed by atoms with van der Waals surface area (Å²) in [6.07, 6.45) is 2.74. The SMILES string of the molecule is CC1CCN(CC(c2cccs2)N2CCNCC2C)CC1. The van der Waals surface area contributed by atoms with Gasteiger partial charge in [0, 0.05) is 37.1 Å². The monoisotopic (exact) mass is 307 g/mol. The summed E-state index contributed by atoms with van der Waals surface area (Å²) < 4.78 is 0. The van der Waals surface area contributed by atoms with E-state index in [0.717, 1.165) is 19.0 Å². The van der Waals surface area contributed by atoms with Crippen LogP contribution in [0.15, 0.2) is 17.5 Å². The van der Waals surface area contributed by atoms with Gasteiger partial charge in [-0.15, -0.1) is 11.3 Å². The number of thiophene rings is 1. The van der Waals surface area contributed by atoms with Gasteiger partial charge in [0.25, 0.3) is 0 Å². The zero-order chi connectivity index (χ0) is 14.7. The highest BCUT2D eigenvalue weighted by molar-refractivity contribution is 7.10. The van der Waals surface area contributed by atoms with Crippen molar-refractivity contribution in [2.24, 2.45) is 5.92 Å². The molecular formula is C17H29N3S. The van der Waals surface area contributed by atoms with Crippen molar-refractivity contribution in [1.82, 2.24) is 15.1 Å². The van der Waals surface area contributed by atoms with Crippen LogP contribution in [-0.2, 0) is 0 Å². The summed E-state index contributed by atoms with van der Waals surface area (Å²) in [5, 5.41) is 5.75. The number of likely N-dealkylation sites (tertiary alicyclic amines) is 1. The largest absolute Gasteiger partial charge is 0.314 e. The number of nitrogens with zero attached hydrogens (tertiary/aromatic N) is 2. The van der Waals surface area contributed by atoms with Crippen molar-refractivity contribution >= 4 is 11.3 Å². The molecule has 2 aliphatic heterocycles. The predicted octanol–water partition coefficient (Wildman–Crippen LogP) is 2.81. The molecule has 2 unspecified atom stereocenters. The van der Waals surface area contributed by atoms with Crippen LogP contribution in [0.3, 0.4) is 0 Å². The van der Waals surface area contributed by atoms with Crippen molar-refractivity contribution in [2.45, 2.75) is 38.8 Å². The van der Waals surface area contributed by atoms with Crippen LogP contribution in [0.2, 0.25) is 0 Å². The van der Waals surface area contributed by atoms with E-state index in [9.17, 15) is 0 Å². The van der Waals surface area contributed by atoms with Gasteiger partial charge in [0.2, 0.25) is 0 Å². The average molecular weight is 308 g/mol.